The molecule has 4 nitrogen and oxygen atoms in total. The van der Waals surface area contributed by atoms with E-state index in [-0.39, 0.29) is 0 Å². The van der Waals surface area contributed by atoms with E-state index in [2.05, 4.69) is 16.2 Å². The van der Waals surface area contributed by atoms with Gasteiger partial charge in [0.05, 0.1) is 11.9 Å². The molecule has 18 heavy (non-hydrogen) atoms. The molecule has 1 aromatic carbocycles. The number of rotatable bonds is 1. The van der Waals surface area contributed by atoms with Crippen molar-refractivity contribution in [3.63, 3.8) is 0 Å². The first-order valence-corrected chi connectivity index (χ1v) is 5.66. The summed E-state index contributed by atoms with van der Waals surface area (Å²) >= 11 is 5.87. The standard InChI is InChI=1S/C13H7ClN4/c14-11-3-1-9(2-4-11)12-5-6-16-13-10(7-15)8-17-18(12)13/h1-6,8H. The van der Waals surface area contributed by atoms with E-state index >= 15 is 0 Å². The molecule has 0 aliphatic carbocycles. The number of benzene rings is 1. The molecule has 5 heteroatoms. The molecule has 0 amide bonds. The van der Waals surface area contributed by atoms with Gasteiger partial charge >= 0.3 is 0 Å². The molecular weight excluding hydrogens is 248 g/mol. The van der Waals surface area contributed by atoms with Gasteiger partial charge in [0, 0.05) is 16.8 Å². The number of halogens is 1. The normalized spacial score (nSPS) is 10.4. The summed E-state index contributed by atoms with van der Waals surface area (Å²) in [6, 6.07) is 11.4. The second-order valence-corrected chi connectivity index (χ2v) is 4.18. The molecule has 3 rings (SSSR count). The smallest absolute Gasteiger partial charge is 0.173 e. The zero-order valence-electron chi connectivity index (χ0n) is 9.21. The summed E-state index contributed by atoms with van der Waals surface area (Å²) in [5.74, 6) is 0. The number of aromatic nitrogens is 3. The van der Waals surface area contributed by atoms with Crippen molar-refractivity contribution >= 4 is 17.2 Å². The van der Waals surface area contributed by atoms with Crippen LogP contribution in [0.25, 0.3) is 16.9 Å². The first kappa shape index (κ1) is 10.8. The lowest BCUT2D eigenvalue weighted by molar-refractivity contribution is 0.948. The van der Waals surface area contributed by atoms with Crippen molar-refractivity contribution in [3.05, 3.63) is 53.3 Å². The number of hydrogen-bond acceptors (Lipinski definition) is 3. The average Bonchev–Trinajstić information content (AvgIpc) is 2.82. The van der Waals surface area contributed by atoms with Crippen LogP contribution in [-0.4, -0.2) is 14.6 Å². The fraction of sp³-hybridized carbons (Fsp3) is 0. The van der Waals surface area contributed by atoms with Crippen molar-refractivity contribution in [2.24, 2.45) is 0 Å². The molecule has 0 aliphatic heterocycles. The van der Waals surface area contributed by atoms with Crippen molar-refractivity contribution in [3.8, 4) is 17.3 Å². The Morgan fingerprint density at radius 1 is 1.17 bits per heavy atom. The first-order chi connectivity index (χ1) is 8.79. The summed E-state index contributed by atoms with van der Waals surface area (Å²) in [6.45, 7) is 0. The van der Waals surface area contributed by atoms with E-state index < -0.39 is 0 Å². The van der Waals surface area contributed by atoms with E-state index in [1.807, 2.05) is 30.3 Å². The molecule has 0 bridgehead atoms. The summed E-state index contributed by atoms with van der Waals surface area (Å²) in [4.78, 5) is 4.17. The lowest BCUT2D eigenvalue weighted by atomic mass is 10.1. The molecule has 0 unspecified atom stereocenters. The second-order valence-electron chi connectivity index (χ2n) is 3.74. The van der Waals surface area contributed by atoms with Crippen LogP contribution >= 0.6 is 11.6 Å². The minimum Gasteiger partial charge on any atom is -0.236 e. The quantitative estimate of drug-likeness (QED) is 0.671. The Morgan fingerprint density at radius 2 is 1.94 bits per heavy atom. The zero-order valence-corrected chi connectivity index (χ0v) is 9.96. The average molecular weight is 255 g/mol. The molecule has 3 aromatic rings. The topological polar surface area (TPSA) is 54.0 Å². The van der Waals surface area contributed by atoms with Gasteiger partial charge in [0.25, 0.3) is 0 Å². The molecule has 0 aliphatic rings. The molecule has 0 spiro atoms. The number of nitriles is 1. The van der Waals surface area contributed by atoms with Gasteiger partial charge in [-0.3, -0.25) is 0 Å². The third kappa shape index (κ3) is 1.62. The molecule has 0 saturated heterocycles. The molecule has 0 fully saturated rings. The molecule has 0 atom stereocenters. The Kier molecular flexibility index (Phi) is 2.47. The summed E-state index contributed by atoms with van der Waals surface area (Å²) in [6.07, 6.45) is 3.18. The van der Waals surface area contributed by atoms with Crippen LogP contribution in [0.4, 0.5) is 0 Å². The summed E-state index contributed by atoms with van der Waals surface area (Å²) in [7, 11) is 0. The maximum absolute atomic E-state index is 8.96. The van der Waals surface area contributed by atoms with Gasteiger partial charge in [-0.15, -0.1) is 0 Å². The van der Waals surface area contributed by atoms with Crippen molar-refractivity contribution in [2.45, 2.75) is 0 Å². The molecule has 2 heterocycles. The molecule has 0 radical (unpaired) electrons. The molecule has 86 valence electrons. The van der Waals surface area contributed by atoms with E-state index in [4.69, 9.17) is 16.9 Å². The Hall–Kier alpha value is -2.38. The maximum Gasteiger partial charge on any atom is 0.173 e. The van der Waals surface area contributed by atoms with Gasteiger partial charge in [0.2, 0.25) is 0 Å². The monoisotopic (exact) mass is 254 g/mol. The fourth-order valence-electron chi connectivity index (χ4n) is 1.81. The highest BCUT2D eigenvalue weighted by Gasteiger charge is 2.09. The number of hydrogen-bond donors (Lipinski definition) is 0. The van der Waals surface area contributed by atoms with Gasteiger partial charge in [-0.25, -0.2) is 9.50 Å². The maximum atomic E-state index is 8.96. The predicted octanol–water partition coefficient (Wildman–Crippen LogP) is 2.92. The Labute approximate surface area is 108 Å². The van der Waals surface area contributed by atoms with Crippen molar-refractivity contribution in [1.82, 2.24) is 14.6 Å². The van der Waals surface area contributed by atoms with Crippen LogP contribution in [0, 0.1) is 11.3 Å². The van der Waals surface area contributed by atoms with E-state index in [9.17, 15) is 0 Å². The van der Waals surface area contributed by atoms with Crippen molar-refractivity contribution in [2.75, 3.05) is 0 Å². The Bertz CT molecular complexity index is 753. The summed E-state index contributed by atoms with van der Waals surface area (Å²) < 4.78 is 1.65. The van der Waals surface area contributed by atoms with Crippen LogP contribution in [0.2, 0.25) is 5.02 Å². The SMILES string of the molecule is N#Cc1cnn2c(-c3ccc(Cl)cc3)ccnc12. The highest BCUT2D eigenvalue weighted by molar-refractivity contribution is 6.30. The van der Waals surface area contributed by atoms with Crippen molar-refractivity contribution in [1.29, 1.82) is 5.26 Å². The van der Waals surface area contributed by atoms with E-state index in [1.165, 1.54) is 6.20 Å². The molecular formula is C13H7ClN4. The lowest BCUT2D eigenvalue weighted by Gasteiger charge is -2.04. The van der Waals surface area contributed by atoms with Crippen LogP contribution in [0.15, 0.2) is 42.7 Å². The van der Waals surface area contributed by atoms with Gasteiger partial charge in [0.1, 0.15) is 11.6 Å². The number of fused-ring (bicyclic) bond motifs is 1. The van der Waals surface area contributed by atoms with E-state index in [1.54, 1.807) is 10.7 Å². The lowest BCUT2D eigenvalue weighted by Crippen LogP contribution is -1.95. The third-order valence-corrected chi connectivity index (χ3v) is 2.91. The number of nitrogens with zero attached hydrogens (tertiary/aromatic N) is 4. The molecule has 0 N–H and O–H groups in total. The van der Waals surface area contributed by atoms with Crippen LogP contribution in [0.5, 0.6) is 0 Å². The highest BCUT2D eigenvalue weighted by atomic mass is 35.5. The zero-order chi connectivity index (χ0) is 12.5. The summed E-state index contributed by atoms with van der Waals surface area (Å²) in [5, 5.41) is 13.8. The second kappa shape index (κ2) is 4.13. The van der Waals surface area contributed by atoms with Gasteiger partial charge in [0.15, 0.2) is 5.65 Å². The van der Waals surface area contributed by atoms with Crippen LogP contribution in [0.3, 0.4) is 0 Å². The third-order valence-electron chi connectivity index (χ3n) is 2.66. The fourth-order valence-corrected chi connectivity index (χ4v) is 1.94. The molecule has 0 saturated carbocycles. The van der Waals surface area contributed by atoms with Gasteiger partial charge < -0.3 is 0 Å². The minimum absolute atomic E-state index is 0.464. The first-order valence-electron chi connectivity index (χ1n) is 5.28. The van der Waals surface area contributed by atoms with Crippen LogP contribution in [-0.2, 0) is 0 Å². The molecule has 2 aromatic heterocycles. The van der Waals surface area contributed by atoms with Gasteiger partial charge in [-0.05, 0) is 18.2 Å². The summed E-state index contributed by atoms with van der Waals surface area (Å²) in [5.41, 5.74) is 2.87. The van der Waals surface area contributed by atoms with Crippen LogP contribution < -0.4 is 0 Å². The highest BCUT2D eigenvalue weighted by Crippen LogP contribution is 2.22. The van der Waals surface area contributed by atoms with Crippen LogP contribution in [0.1, 0.15) is 5.56 Å². The Balaban J connectivity index is 2.27. The van der Waals surface area contributed by atoms with Crippen molar-refractivity contribution < 1.29 is 0 Å². The van der Waals surface area contributed by atoms with E-state index in [0.29, 0.717) is 16.2 Å². The minimum atomic E-state index is 0.464. The van der Waals surface area contributed by atoms with E-state index in [0.717, 1.165) is 11.3 Å². The largest absolute Gasteiger partial charge is 0.236 e. The van der Waals surface area contributed by atoms with Gasteiger partial charge in [-0.2, -0.15) is 10.4 Å². The predicted molar refractivity (Wildman–Crippen MR) is 68.1 cm³/mol. The Morgan fingerprint density at radius 3 is 2.67 bits per heavy atom. The van der Waals surface area contributed by atoms with Gasteiger partial charge in [-0.1, -0.05) is 23.7 Å².